The van der Waals surface area contributed by atoms with E-state index in [0.29, 0.717) is 13.3 Å². The molecule has 0 spiro atoms. The van der Waals surface area contributed by atoms with Crippen LogP contribution in [0.25, 0.3) is 0 Å². The van der Waals surface area contributed by atoms with Crippen LogP contribution < -0.4 is 20.1 Å². The number of fused-ring (bicyclic) bond motifs is 1. The van der Waals surface area contributed by atoms with Crippen LogP contribution in [0.4, 0.5) is 0 Å². The fourth-order valence-electron chi connectivity index (χ4n) is 2.71. The zero-order valence-electron chi connectivity index (χ0n) is 15.2. The van der Waals surface area contributed by atoms with Crippen LogP contribution in [0, 0.1) is 6.92 Å². The molecule has 0 aliphatic carbocycles. The Kier molecular flexibility index (Phi) is 8.02. The molecule has 2 aromatic rings. The van der Waals surface area contributed by atoms with Crippen LogP contribution in [0.1, 0.15) is 24.2 Å². The third-order valence-electron chi connectivity index (χ3n) is 4.16. The van der Waals surface area contributed by atoms with Gasteiger partial charge in [-0.05, 0) is 37.5 Å². The van der Waals surface area contributed by atoms with Crippen molar-refractivity contribution in [3.63, 3.8) is 0 Å². The molecule has 0 bridgehead atoms. The van der Waals surface area contributed by atoms with Crippen LogP contribution in [0.15, 0.2) is 35.6 Å². The summed E-state index contributed by atoms with van der Waals surface area (Å²) in [5.74, 6) is 3.47. The van der Waals surface area contributed by atoms with Crippen molar-refractivity contribution in [2.45, 2.75) is 32.9 Å². The number of guanidine groups is 1. The molecule has 0 amide bonds. The van der Waals surface area contributed by atoms with Gasteiger partial charge in [-0.25, -0.2) is 4.98 Å². The van der Waals surface area contributed by atoms with E-state index >= 15 is 0 Å². The number of hydrogen-bond acceptors (Lipinski definition) is 4. The molecule has 26 heavy (non-hydrogen) atoms. The molecular weight excluding hydrogens is 445 g/mol. The van der Waals surface area contributed by atoms with Crippen LogP contribution in [0.5, 0.6) is 11.5 Å². The topological polar surface area (TPSA) is 72.7 Å². The highest BCUT2D eigenvalue weighted by atomic mass is 127. The second-order valence-corrected chi connectivity index (χ2v) is 5.92. The van der Waals surface area contributed by atoms with Gasteiger partial charge in [-0.3, -0.25) is 4.99 Å². The van der Waals surface area contributed by atoms with Gasteiger partial charge in [-0.15, -0.1) is 24.0 Å². The van der Waals surface area contributed by atoms with Crippen molar-refractivity contribution in [1.82, 2.24) is 20.2 Å². The average molecular weight is 471 g/mol. The van der Waals surface area contributed by atoms with E-state index in [1.807, 2.05) is 37.5 Å². The Morgan fingerprint density at radius 3 is 2.85 bits per heavy atom. The SMILES string of the molecule is CN=C(NCCCCn1ccnc1C)NCc1ccc2c(c1)OCO2.I. The average Bonchev–Trinajstić information content (AvgIpc) is 3.25. The molecule has 2 heterocycles. The van der Waals surface area contributed by atoms with E-state index in [4.69, 9.17) is 9.47 Å². The van der Waals surface area contributed by atoms with Gasteiger partial charge in [0.2, 0.25) is 6.79 Å². The molecule has 7 nitrogen and oxygen atoms in total. The van der Waals surface area contributed by atoms with Gasteiger partial charge in [0.25, 0.3) is 0 Å². The zero-order valence-corrected chi connectivity index (χ0v) is 17.5. The van der Waals surface area contributed by atoms with Crippen molar-refractivity contribution in [3.8, 4) is 11.5 Å². The van der Waals surface area contributed by atoms with Crippen LogP contribution in [0.3, 0.4) is 0 Å². The van der Waals surface area contributed by atoms with Crippen molar-refractivity contribution in [3.05, 3.63) is 42.0 Å². The van der Waals surface area contributed by atoms with E-state index in [0.717, 1.165) is 54.8 Å². The van der Waals surface area contributed by atoms with Gasteiger partial charge in [0.15, 0.2) is 17.5 Å². The number of aliphatic imine (C=N–C) groups is 1. The summed E-state index contributed by atoms with van der Waals surface area (Å²) in [7, 11) is 1.78. The lowest BCUT2D eigenvalue weighted by molar-refractivity contribution is 0.174. The third kappa shape index (κ3) is 5.52. The van der Waals surface area contributed by atoms with Crippen molar-refractivity contribution in [1.29, 1.82) is 0 Å². The summed E-state index contributed by atoms with van der Waals surface area (Å²) >= 11 is 0. The lowest BCUT2D eigenvalue weighted by atomic mass is 10.2. The first-order valence-electron chi connectivity index (χ1n) is 8.57. The lowest BCUT2D eigenvalue weighted by Crippen LogP contribution is -2.37. The van der Waals surface area contributed by atoms with E-state index < -0.39 is 0 Å². The smallest absolute Gasteiger partial charge is 0.231 e. The lowest BCUT2D eigenvalue weighted by Gasteiger charge is -2.12. The molecule has 8 heteroatoms. The quantitative estimate of drug-likeness (QED) is 0.281. The van der Waals surface area contributed by atoms with Crippen LogP contribution in [-0.4, -0.2) is 35.9 Å². The van der Waals surface area contributed by atoms with E-state index in [9.17, 15) is 0 Å². The van der Waals surface area contributed by atoms with Crippen molar-refractivity contribution < 1.29 is 9.47 Å². The first kappa shape index (κ1) is 20.3. The molecular formula is C18H26IN5O2. The van der Waals surface area contributed by atoms with Crippen LogP contribution in [0.2, 0.25) is 0 Å². The number of rotatable bonds is 7. The molecule has 1 aliphatic heterocycles. The van der Waals surface area contributed by atoms with Crippen molar-refractivity contribution >= 4 is 29.9 Å². The number of benzene rings is 1. The molecule has 3 rings (SSSR count). The Morgan fingerprint density at radius 1 is 1.23 bits per heavy atom. The molecule has 1 aromatic heterocycles. The normalized spacial score (nSPS) is 12.6. The van der Waals surface area contributed by atoms with Gasteiger partial charge in [0.05, 0.1) is 0 Å². The molecule has 0 radical (unpaired) electrons. The molecule has 1 aromatic carbocycles. The van der Waals surface area contributed by atoms with Gasteiger partial charge in [0, 0.05) is 39.1 Å². The number of ether oxygens (including phenoxy) is 2. The maximum Gasteiger partial charge on any atom is 0.231 e. The van der Waals surface area contributed by atoms with Gasteiger partial charge < -0.3 is 24.7 Å². The number of nitrogens with one attached hydrogen (secondary N) is 2. The van der Waals surface area contributed by atoms with Crippen molar-refractivity contribution in [2.24, 2.45) is 4.99 Å². The maximum absolute atomic E-state index is 5.40. The van der Waals surface area contributed by atoms with E-state index in [2.05, 4.69) is 25.2 Å². The largest absolute Gasteiger partial charge is 0.454 e. The maximum atomic E-state index is 5.40. The fraction of sp³-hybridized carbons (Fsp3) is 0.444. The number of unbranched alkanes of at least 4 members (excludes halogenated alkanes) is 1. The van der Waals surface area contributed by atoms with Gasteiger partial charge in [-0.2, -0.15) is 0 Å². The standard InChI is InChI=1S/C18H25N5O2.HI/c1-14-20-8-10-23(14)9-4-3-7-21-18(19-2)22-12-15-5-6-16-17(11-15)25-13-24-16;/h5-6,8,10-11H,3-4,7,9,12-13H2,1-2H3,(H2,19,21,22);1H. The Labute approximate surface area is 171 Å². The predicted molar refractivity (Wildman–Crippen MR) is 112 cm³/mol. The molecule has 0 unspecified atom stereocenters. The van der Waals surface area contributed by atoms with E-state index in [1.165, 1.54) is 0 Å². The summed E-state index contributed by atoms with van der Waals surface area (Å²) in [6.45, 7) is 4.89. The molecule has 0 saturated carbocycles. The number of imidazole rings is 1. The molecule has 1 aliphatic rings. The third-order valence-corrected chi connectivity index (χ3v) is 4.16. The number of aryl methyl sites for hydroxylation is 2. The first-order valence-corrected chi connectivity index (χ1v) is 8.57. The van der Waals surface area contributed by atoms with E-state index in [-0.39, 0.29) is 24.0 Å². The fourth-order valence-corrected chi connectivity index (χ4v) is 2.71. The second kappa shape index (κ2) is 10.2. The summed E-state index contributed by atoms with van der Waals surface area (Å²) in [6, 6.07) is 5.96. The zero-order chi connectivity index (χ0) is 17.5. The molecule has 0 saturated heterocycles. The molecule has 142 valence electrons. The minimum Gasteiger partial charge on any atom is -0.454 e. The van der Waals surface area contributed by atoms with Gasteiger partial charge >= 0.3 is 0 Å². The van der Waals surface area contributed by atoms with E-state index in [1.54, 1.807) is 7.05 Å². The number of aromatic nitrogens is 2. The second-order valence-electron chi connectivity index (χ2n) is 5.92. The highest BCUT2D eigenvalue weighted by Gasteiger charge is 2.13. The molecule has 0 atom stereocenters. The Balaban J connectivity index is 0.00000243. The summed E-state index contributed by atoms with van der Waals surface area (Å²) in [5.41, 5.74) is 1.13. The summed E-state index contributed by atoms with van der Waals surface area (Å²) < 4.78 is 12.9. The minimum atomic E-state index is 0. The predicted octanol–water partition coefficient (Wildman–Crippen LogP) is 2.68. The van der Waals surface area contributed by atoms with Crippen LogP contribution in [-0.2, 0) is 13.1 Å². The van der Waals surface area contributed by atoms with Gasteiger partial charge in [-0.1, -0.05) is 6.07 Å². The Hall–Kier alpha value is -1.97. The number of hydrogen-bond donors (Lipinski definition) is 2. The molecule has 0 fully saturated rings. The molecule has 2 N–H and O–H groups in total. The summed E-state index contributed by atoms with van der Waals surface area (Å²) in [4.78, 5) is 8.49. The van der Waals surface area contributed by atoms with Gasteiger partial charge in [0.1, 0.15) is 5.82 Å². The highest BCUT2D eigenvalue weighted by Crippen LogP contribution is 2.32. The van der Waals surface area contributed by atoms with Crippen LogP contribution >= 0.6 is 24.0 Å². The summed E-state index contributed by atoms with van der Waals surface area (Å²) in [6.07, 6.45) is 6.04. The van der Waals surface area contributed by atoms with Crippen molar-refractivity contribution in [2.75, 3.05) is 20.4 Å². The first-order chi connectivity index (χ1) is 12.3. The monoisotopic (exact) mass is 471 g/mol. The minimum absolute atomic E-state index is 0. The summed E-state index contributed by atoms with van der Waals surface area (Å²) in [5, 5.41) is 6.66. The number of halogens is 1. The Morgan fingerprint density at radius 2 is 2.08 bits per heavy atom. The number of nitrogens with zero attached hydrogens (tertiary/aromatic N) is 3. The highest BCUT2D eigenvalue weighted by molar-refractivity contribution is 14.0. The Bertz CT molecular complexity index is 732.